The fraction of sp³-hybridized carbons (Fsp3) is 0.167. The Morgan fingerprint density at radius 1 is 1.13 bits per heavy atom. The molecule has 0 spiro atoms. The SMILES string of the molecule is CCOc1cccc(C(O)=C2C(=O)C(=O)N(Cc3ccco3)C2c2ccc(Br)cc2)c1. The first kappa shape index (κ1) is 20.9. The predicted octanol–water partition coefficient (Wildman–Crippen LogP) is 5.06. The van der Waals surface area contributed by atoms with Crippen molar-refractivity contribution in [3.8, 4) is 5.75 Å². The van der Waals surface area contributed by atoms with Crippen LogP contribution in [0.3, 0.4) is 0 Å². The fourth-order valence-electron chi connectivity index (χ4n) is 3.66. The molecule has 1 aliphatic heterocycles. The van der Waals surface area contributed by atoms with Crippen molar-refractivity contribution >= 4 is 33.4 Å². The average molecular weight is 482 g/mol. The normalized spacial score (nSPS) is 17.9. The molecule has 3 aromatic rings. The third-order valence-electron chi connectivity index (χ3n) is 5.05. The van der Waals surface area contributed by atoms with Crippen molar-refractivity contribution in [2.45, 2.75) is 19.5 Å². The van der Waals surface area contributed by atoms with Crippen molar-refractivity contribution in [2.24, 2.45) is 0 Å². The summed E-state index contributed by atoms with van der Waals surface area (Å²) in [4.78, 5) is 27.4. The number of hydrogen-bond donors (Lipinski definition) is 1. The highest BCUT2D eigenvalue weighted by molar-refractivity contribution is 9.10. The smallest absolute Gasteiger partial charge is 0.296 e. The highest BCUT2D eigenvalue weighted by Gasteiger charge is 2.46. The summed E-state index contributed by atoms with van der Waals surface area (Å²) in [6.45, 7) is 2.44. The maximum Gasteiger partial charge on any atom is 0.296 e. The van der Waals surface area contributed by atoms with Gasteiger partial charge in [-0.25, -0.2) is 0 Å². The van der Waals surface area contributed by atoms with Crippen LogP contribution in [0.4, 0.5) is 0 Å². The van der Waals surface area contributed by atoms with Gasteiger partial charge < -0.3 is 19.2 Å². The van der Waals surface area contributed by atoms with Gasteiger partial charge >= 0.3 is 0 Å². The van der Waals surface area contributed by atoms with E-state index in [9.17, 15) is 14.7 Å². The second-order valence-corrected chi connectivity index (χ2v) is 7.93. The standard InChI is InChI=1S/C24H20BrNO5/c1-2-30-18-6-3-5-16(13-18)22(27)20-21(15-8-10-17(25)11-9-15)26(24(29)23(20)28)14-19-7-4-12-31-19/h3-13,21,27H,2,14H2,1H3. The van der Waals surface area contributed by atoms with Crippen LogP contribution >= 0.6 is 15.9 Å². The summed E-state index contributed by atoms with van der Waals surface area (Å²) in [5.74, 6) is -0.556. The number of carbonyl (C=O) groups is 2. The van der Waals surface area contributed by atoms with Crippen LogP contribution in [0.25, 0.3) is 5.76 Å². The summed E-state index contributed by atoms with van der Waals surface area (Å²) in [6, 6.07) is 16.8. The van der Waals surface area contributed by atoms with E-state index in [2.05, 4.69) is 15.9 Å². The molecule has 31 heavy (non-hydrogen) atoms. The molecule has 1 aromatic heterocycles. The molecule has 1 saturated heterocycles. The second kappa shape index (κ2) is 8.81. The lowest BCUT2D eigenvalue weighted by Crippen LogP contribution is -2.29. The molecular weight excluding hydrogens is 462 g/mol. The van der Waals surface area contributed by atoms with Gasteiger partial charge in [-0.05, 0) is 48.9 Å². The molecule has 2 heterocycles. The van der Waals surface area contributed by atoms with Gasteiger partial charge in [0.2, 0.25) is 0 Å². The van der Waals surface area contributed by atoms with Crippen molar-refractivity contribution in [3.05, 3.63) is 93.9 Å². The van der Waals surface area contributed by atoms with Crippen molar-refractivity contribution in [3.63, 3.8) is 0 Å². The van der Waals surface area contributed by atoms with E-state index in [4.69, 9.17) is 9.15 Å². The van der Waals surface area contributed by atoms with E-state index in [1.165, 1.54) is 11.2 Å². The number of likely N-dealkylation sites (tertiary alicyclic amines) is 1. The molecule has 1 amide bonds. The molecule has 1 atom stereocenters. The summed E-state index contributed by atoms with van der Waals surface area (Å²) in [5.41, 5.74) is 1.15. The Morgan fingerprint density at radius 3 is 2.58 bits per heavy atom. The Bertz CT molecular complexity index is 1140. The van der Waals surface area contributed by atoms with E-state index in [0.717, 1.165) is 4.47 Å². The van der Waals surface area contributed by atoms with E-state index >= 15 is 0 Å². The molecule has 1 unspecified atom stereocenters. The van der Waals surface area contributed by atoms with Crippen molar-refractivity contribution in [2.75, 3.05) is 6.61 Å². The number of aliphatic hydroxyl groups is 1. The lowest BCUT2D eigenvalue weighted by molar-refractivity contribution is -0.140. The first-order chi connectivity index (χ1) is 15.0. The number of aliphatic hydroxyl groups excluding tert-OH is 1. The lowest BCUT2D eigenvalue weighted by Gasteiger charge is -2.24. The largest absolute Gasteiger partial charge is 0.507 e. The number of ether oxygens (including phenoxy) is 1. The maximum atomic E-state index is 13.0. The molecule has 1 aliphatic rings. The van der Waals surface area contributed by atoms with Gasteiger partial charge in [0.15, 0.2) is 0 Å². The molecule has 1 N–H and O–H groups in total. The molecule has 0 saturated carbocycles. The Labute approximate surface area is 187 Å². The molecule has 4 rings (SSSR count). The number of benzene rings is 2. The molecule has 0 aliphatic carbocycles. The van der Waals surface area contributed by atoms with Gasteiger partial charge in [0, 0.05) is 10.0 Å². The fourth-order valence-corrected chi connectivity index (χ4v) is 3.92. The van der Waals surface area contributed by atoms with Crippen LogP contribution in [0.5, 0.6) is 5.75 Å². The van der Waals surface area contributed by atoms with Crippen LogP contribution in [0.2, 0.25) is 0 Å². The minimum atomic E-state index is -0.756. The summed E-state index contributed by atoms with van der Waals surface area (Å²) in [6.07, 6.45) is 1.51. The summed E-state index contributed by atoms with van der Waals surface area (Å²) in [7, 11) is 0. The lowest BCUT2D eigenvalue weighted by atomic mass is 9.95. The number of amides is 1. The average Bonchev–Trinajstić information content (AvgIpc) is 3.37. The Morgan fingerprint density at radius 2 is 1.90 bits per heavy atom. The highest BCUT2D eigenvalue weighted by Crippen LogP contribution is 2.40. The van der Waals surface area contributed by atoms with E-state index < -0.39 is 17.7 Å². The molecule has 1 fully saturated rings. The molecule has 6 nitrogen and oxygen atoms in total. The van der Waals surface area contributed by atoms with Gasteiger partial charge in [0.25, 0.3) is 11.7 Å². The number of hydrogen-bond acceptors (Lipinski definition) is 5. The predicted molar refractivity (Wildman–Crippen MR) is 118 cm³/mol. The zero-order chi connectivity index (χ0) is 22.0. The first-order valence-electron chi connectivity index (χ1n) is 9.79. The number of Topliss-reactive ketones (excluding diaryl/α,β-unsaturated/α-hetero) is 1. The maximum absolute atomic E-state index is 13.0. The molecule has 0 radical (unpaired) electrons. The minimum Gasteiger partial charge on any atom is -0.507 e. The second-order valence-electron chi connectivity index (χ2n) is 7.02. The van der Waals surface area contributed by atoms with Crippen LogP contribution in [0, 0.1) is 0 Å². The van der Waals surface area contributed by atoms with Crippen LogP contribution < -0.4 is 4.74 Å². The molecule has 158 valence electrons. The molecular formula is C24H20BrNO5. The topological polar surface area (TPSA) is 80.0 Å². The minimum absolute atomic E-state index is 0.0347. The Balaban J connectivity index is 1.84. The van der Waals surface area contributed by atoms with Gasteiger partial charge in [-0.1, -0.05) is 40.2 Å². The number of halogens is 1. The summed E-state index contributed by atoms with van der Waals surface area (Å²) < 4.78 is 11.8. The third kappa shape index (κ3) is 4.14. The Kier molecular flexibility index (Phi) is 5.95. The third-order valence-corrected chi connectivity index (χ3v) is 5.58. The zero-order valence-corrected chi connectivity index (χ0v) is 18.3. The highest BCUT2D eigenvalue weighted by atomic mass is 79.9. The van der Waals surface area contributed by atoms with Crippen LogP contribution in [-0.2, 0) is 16.1 Å². The molecule has 7 heteroatoms. The number of furan rings is 1. The zero-order valence-electron chi connectivity index (χ0n) is 16.7. The summed E-state index contributed by atoms with van der Waals surface area (Å²) in [5, 5.41) is 11.1. The molecule has 0 bridgehead atoms. The van der Waals surface area contributed by atoms with E-state index in [1.54, 1.807) is 36.4 Å². The van der Waals surface area contributed by atoms with Gasteiger partial charge in [-0.2, -0.15) is 0 Å². The van der Waals surface area contributed by atoms with Crippen LogP contribution in [-0.4, -0.2) is 28.3 Å². The van der Waals surface area contributed by atoms with Crippen LogP contribution in [0.15, 0.2) is 81.4 Å². The van der Waals surface area contributed by atoms with Gasteiger partial charge in [-0.15, -0.1) is 0 Å². The number of nitrogens with zero attached hydrogens (tertiary/aromatic N) is 1. The first-order valence-corrected chi connectivity index (χ1v) is 10.6. The monoisotopic (exact) mass is 481 g/mol. The van der Waals surface area contributed by atoms with Crippen LogP contribution in [0.1, 0.15) is 29.9 Å². The number of rotatable bonds is 6. The Hall–Kier alpha value is -3.32. The number of ketones is 1. The van der Waals surface area contributed by atoms with Crippen molar-refractivity contribution in [1.29, 1.82) is 0 Å². The van der Waals surface area contributed by atoms with Gasteiger partial charge in [0.05, 0.1) is 31.0 Å². The quantitative estimate of drug-likeness (QED) is 0.302. The van der Waals surface area contributed by atoms with Crippen molar-refractivity contribution in [1.82, 2.24) is 4.90 Å². The van der Waals surface area contributed by atoms with Gasteiger partial charge in [-0.3, -0.25) is 9.59 Å². The molecule has 2 aromatic carbocycles. The number of carbonyl (C=O) groups excluding carboxylic acids is 2. The van der Waals surface area contributed by atoms with Gasteiger partial charge in [0.1, 0.15) is 17.3 Å². The van der Waals surface area contributed by atoms with Crippen molar-refractivity contribution < 1.29 is 23.8 Å². The van der Waals surface area contributed by atoms with E-state index in [0.29, 0.717) is 29.2 Å². The van der Waals surface area contributed by atoms with E-state index in [1.807, 2.05) is 31.2 Å². The summed E-state index contributed by atoms with van der Waals surface area (Å²) >= 11 is 3.41. The van der Waals surface area contributed by atoms with E-state index in [-0.39, 0.29) is 17.9 Å².